The van der Waals surface area contributed by atoms with Crippen LogP contribution in [0.2, 0.25) is 0 Å². The first-order valence-electron chi connectivity index (χ1n) is 9.79. The molecule has 0 spiro atoms. The Morgan fingerprint density at radius 1 is 1.26 bits per heavy atom. The summed E-state index contributed by atoms with van der Waals surface area (Å²) >= 11 is 3.05. The third-order valence-corrected chi connectivity index (χ3v) is 5.88. The molecule has 3 aromatic rings. The van der Waals surface area contributed by atoms with Gasteiger partial charge >= 0.3 is 6.18 Å². The Bertz CT molecular complexity index is 1100. The molecule has 1 fully saturated rings. The summed E-state index contributed by atoms with van der Waals surface area (Å²) in [4.78, 5) is 16.4. The lowest BCUT2D eigenvalue weighted by Gasteiger charge is -2.07. The van der Waals surface area contributed by atoms with Crippen molar-refractivity contribution in [1.29, 1.82) is 0 Å². The van der Waals surface area contributed by atoms with E-state index in [1.807, 2.05) is 31.2 Å². The maximum Gasteiger partial charge on any atom is 0.436 e. The van der Waals surface area contributed by atoms with Gasteiger partial charge in [0, 0.05) is 12.3 Å². The molecule has 2 aromatic heterocycles. The monoisotopic (exact) mass is 496 g/mol. The Morgan fingerprint density at radius 2 is 2.00 bits per heavy atom. The van der Waals surface area contributed by atoms with E-state index in [1.165, 1.54) is 11.0 Å². The number of aromatic nitrogens is 5. The van der Waals surface area contributed by atoms with Crippen LogP contribution in [0, 0.1) is 6.92 Å². The van der Waals surface area contributed by atoms with E-state index in [-0.39, 0.29) is 29.3 Å². The smallest absolute Gasteiger partial charge is 0.293 e. The fourth-order valence-electron chi connectivity index (χ4n) is 3.34. The first-order chi connectivity index (χ1) is 14.7. The van der Waals surface area contributed by atoms with Crippen LogP contribution in [0.3, 0.4) is 0 Å². The van der Waals surface area contributed by atoms with Gasteiger partial charge in [-0.05, 0) is 46.8 Å². The molecule has 1 aliphatic carbocycles. The molecule has 1 aromatic carbocycles. The molecule has 2 heterocycles. The summed E-state index contributed by atoms with van der Waals surface area (Å²) in [5, 5.41) is 10.5. The van der Waals surface area contributed by atoms with Crippen LogP contribution < -0.4 is 5.32 Å². The number of aryl methyl sites for hydroxylation is 2. The van der Waals surface area contributed by atoms with Crippen molar-refractivity contribution in [2.45, 2.75) is 51.4 Å². The summed E-state index contributed by atoms with van der Waals surface area (Å²) < 4.78 is 42.4. The minimum absolute atomic E-state index is 0.0282. The summed E-state index contributed by atoms with van der Waals surface area (Å²) in [7, 11) is 0. The molecule has 1 N–H and O–H groups in total. The quantitative estimate of drug-likeness (QED) is 0.521. The van der Waals surface area contributed by atoms with E-state index >= 15 is 0 Å². The molecule has 1 aliphatic rings. The van der Waals surface area contributed by atoms with E-state index in [9.17, 15) is 18.0 Å². The van der Waals surface area contributed by atoms with Gasteiger partial charge in [0.05, 0.1) is 23.3 Å². The zero-order valence-electron chi connectivity index (χ0n) is 16.7. The molecular weight excluding hydrogens is 477 g/mol. The van der Waals surface area contributed by atoms with Crippen molar-refractivity contribution in [2.75, 3.05) is 5.32 Å². The molecule has 0 radical (unpaired) electrons. The average Bonchev–Trinajstić information content (AvgIpc) is 3.34. The van der Waals surface area contributed by atoms with Crippen molar-refractivity contribution in [3.05, 3.63) is 57.6 Å². The van der Waals surface area contributed by atoms with Crippen molar-refractivity contribution in [1.82, 2.24) is 24.5 Å². The number of rotatable bonds is 7. The van der Waals surface area contributed by atoms with Crippen molar-refractivity contribution in [3.8, 4) is 0 Å². The van der Waals surface area contributed by atoms with Gasteiger partial charge in [-0.3, -0.25) is 14.8 Å². The first kappa shape index (κ1) is 21.5. The highest BCUT2D eigenvalue weighted by molar-refractivity contribution is 9.10. The van der Waals surface area contributed by atoms with Gasteiger partial charge in [-0.15, -0.1) is 5.10 Å². The predicted molar refractivity (Wildman–Crippen MR) is 110 cm³/mol. The number of carbonyl (C=O) groups is 1. The Labute approximate surface area is 184 Å². The SMILES string of the molecule is Cc1ccccc1Cn1cnc(NC(=O)CCn2nc(C(F)(F)F)c(Br)c2C2CC2)n1. The third kappa shape index (κ3) is 4.97. The van der Waals surface area contributed by atoms with Gasteiger partial charge in [0.15, 0.2) is 5.69 Å². The number of hydrogen-bond acceptors (Lipinski definition) is 4. The molecule has 11 heteroatoms. The molecule has 0 aliphatic heterocycles. The Morgan fingerprint density at radius 3 is 2.68 bits per heavy atom. The number of amides is 1. The van der Waals surface area contributed by atoms with Crippen molar-refractivity contribution in [3.63, 3.8) is 0 Å². The second-order valence-corrected chi connectivity index (χ2v) is 8.33. The number of benzene rings is 1. The molecule has 4 rings (SSSR count). The van der Waals surface area contributed by atoms with Gasteiger partial charge in [0.25, 0.3) is 0 Å². The number of hydrogen-bond donors (Lipinski definition) is 1. The topological polar surface area (TPSA) is 77.6 Å². The Hall–Kier alpha value is -2.69. The molecule has 0 saturated heterocycles. The maximum absolute atomic E-state index is 13.2. The Balaban J connectivity index is 1.38. The van der Waals surface area contributed by atoms with Crippen LogP contribution in [0.5, 0.6) is 0 Å². The molecular formula is C20H20BrF3N6O. The number of nitrogens with zero attached hydrogens (tertiary/aromatic N) is 5. The molecule has 7 nitrogen and oxygen atoms in total. The highest BCUT2D eigenvalue weighted by Gasteiger charge is 2.41. The zero-order valence-corrected chi connectivity index (χ0v) is 18.2. The second kappa shape index (κ2) is 8.45. The van der Waals surface area contributed by atoms with Crippen LogP contribution in [0.25, 0.3) is 0 Å². The summed E-state index contributed by atoms with van der Waals surface area (Å²) in [6, 6.07) is 7.89. The molecule has 0 atom stereocenters. The van der Waals surface area contributed by atoms with Crippen molar-refractivity contribution >= 4 is 27.8 Å². The van der Waals surface area contributed by atoms with E-state index < -0.39 is 17.8 Å². The largest absolute Gasteiger partial charge is 0.436 e. The van der Waals surface area contributed by atoms with Gasteiger partial charge < -0.3 is 0 Å². The van der Waals surface area contributed by atoms with Crippen LogP contribution in [-0.4, -0.2) is 30.5 Å². The van der Waals surface area contributed by atoms with Crippen LogP contribution >= 0.6 is 15.9 Å². The highest BCUT2D eigenvalue weighted by atomic mass is 79.9. The van der Waals surface area contributed by atoms with Gasteiger partial charge in [0.2, 0.25) is 11.9 Å². The van der Waals surface area contributed by atoms with Crippen LogP contribution in [0.15, 0.2) is 35.1 Å². The molecule has 164 valence electrons. The number of carbonyl (C=O) groups excluding carboxylic acids is 1. The van der Waals surface area contributed by atoms with Gasteiger partial charge in [0.1, 0.15) is 6.33 Å². The third-order valence-electron chi connectivity index (χ3n) is 5.10. The predicted octanol–water partition coefficient (Wildman–Crippen LogP) is 4.52. The van der Waals surface area contributed by atoms with Crippen LogP contribution in [-0.2, 0) is 24.1 Å². The minimum atomic E-state index is -4.55. The van der Waals surface area contributed by atoms with E-state index in [0.717, 1.165) is 24.0 Å². The lowest BCUT2D eigenvalue weighted by molar-refractivity contribution is -0.142. The average molecular weight is 497 g/mol. The van der Waals surface area contributed by atoms with E-state index in [0.29, 0.717) is 12.2 Å². The van der Waals surface area contributed by atoms with Crippen LogP contribution in [0.1, 0.15) is 47.7 Å². The fraction of sp³-hybridized carbons (Fsp3) is 0.400. The second-order valence-electron chi connectivity index (χ2n) is 7.53. The minimum Gasteiger partial charge on any atom is -0.293 e. The van der Waals surface area contributed by atoms with Gasteiger partial charge in [-0.2, -0.15) is 18.3 Å². The fourth-order valence-corrected chi connectivity index (χ4v) is 4.17. The van der Waals surface area contributed by atoms with Crippen LogP contribution in [0.4, 0.5) is 19.1 Å². The van der Waals surface area contributed by atoms with E-state index in [1.54, 1.807) is 4.68 Å². The highest BCUT2D eigenvalue weighted by Crippen LogP contribution is 2.47. The summed E-state index contributed by atoms with van der Waals surface area (Å²) in [5.41, 5.74) is 1.76. The molecule has 1 saturated carbocycles. The Kier molecular flexibility index (Phi) is 5.87. The summed E-state index contributed by atoms with van der Waals surface area (Å²) in [5.74, 6) is -0.200. The van der Waals surface area contributed by atoms with Crippen molar-refractivity contribution in [2.24, 2.45) is 0 Å². The lowest BCUT2D eigenvalue weighted by Crippen LogP contribution is -2.17. The van der Waals surface area contributed by atoms with E-state index in [2.05, 4.69) is 36.4 Å². The first-order valence-corrected chi connectivity index (χ1v) is 10.6. The van der Waals surface area contributed by atoms with E-state index in [4.69, 9.17) is 0 Å². The summed E-state index contributed by atoms with van der Waals surface area (Å²) in [6.07, 6.45) is -1.44. The number of halogens is 4. The number of alkyl halides is 3. The van der Waals surface area contributed by atoms with Crippen molar-refractivity contribution < 1.29 is 18.0 Å². The maximum atomic E-state index is 13.2. The molecule has 31 heavy (non-hydrogen) atoms. The summed E-state index contributed by atoms with van der Waals surface area (Å²) in [6.45, 7) is 2.56. The molecule has 0 unspecified atom stereocenters. The normalized spacial score (nSPS) is 14.1. The molecule has 0 bridgehead atoms. The number of nitrogens with one attached hydrogen (secondary N) is 1. The van der Waals surface area contributed by atoms with Gasteiger partial charge in [-0.25, -0.2) is 9.67 Å². The zero-order chi connectivity index (χ0) is 22.2. The number of anilines is 1. The lowest BCUT2D eigenvalue weighted by atomic mass is 10.1. The standard InChI is InChI=1S/C20H20BrF3N6O/c1-12-4-2-3-5-14(12)10-29-11-25-19(28-29)26-15(31)8-9-30-17(13-6-7-13)16(21)18(27-30)20(22,23)24/h2-5,11,13H,6-10H2,1H3,(H,26,28,31). The molecule has 1 amide bonds. The van der Waals surface area contributed by atoms with Gasteiger partial charge in [-0.1, -0.05) is 24.3 Å².